The summed E-state index contributed by atoms with van der Waals surface area (Å²) < 4.78 is 6.59. The smallest absolute Gasteiger partial charge is 0.250 e. The molecule has 0 spiro atoms. The van der Waals surface area contributed by atoms with Crippen LogP contribution >= 0.6 is 0 Å². The van der Waals surface area contributed by atoms with Gasteiger partial charge in [-0.25, -0.2) is 4.98 Å². The van der Waals surface area contributed by atoms with Crippen molar-refractivity contribution < 1.29 is 9.53 Å². The van der Waals surface area contributed by atoms with E-state index >= 15 is 0 Å². The molecule has 0 saturated carbocycles. The summed E-state index contributed by atoms with van der Waals surface area (Å²) in [5, 5.41) is 3.09. The molecule has 0 unspecified atom stereocenters. The molecular formula is C24H27N5O3. The Morgan fingerprint density at radius 1 is 1.22 bits per heavy atom. The first-order valence-electron chi connectivity index (χ1n) is 10.2. The van der Waals surface area contributed by atoms with E-state index in [1.807, 2.05) is 31.3 Å². The molecule has 2 heterocycles. The van der Waals surface area contributed by atoms with E-state index in [1.165, 1.54) is 16.7 Å². The van der Waals surface area contributed by atoms with Gasteiger partial charge in [0.15, 0.2) is 0 Å². The molecule has 0 atom stereocenters. The lowest BCUT2D eigenvalue weighted by Gasteiger charge is -2.09. The molecule has 3 rings (SSSR count). The molecule has 2 aromatic heterocycles. The molecule has 3 N–H and O–H groups in total. The molecule has 0 radical (unpaired) electrons. The fourth-order valence-electron chi connectivity index (χ4n) is 3.18. The van der Waals surface area contributed by atoms with Crippen molar-refractivity contribution in [2.24, 2.45) is 5.73 Å². The molecule has 0 saturated heterocycles. The molecule has 0 amide bonds. The zero-order valence-electron chi connectivity index (χ0n) is 18.5. The van der Waals surface area contributed by atoms with Crippen LogP contribution in [0, 0.1) is 6.92 Å². The van der Waals surface area contributed by atoms with Crippen LogP contribution in [0.15, 0.2) is 59.7 Å². The maximum Gasteiger partial charge on any atom is 0.250 e. The SMILES string of the molecule is CNCc1ccc(C(N)=CC(=O)c2nc(-c3ccc(=O)n(CCOC)c3)cnc2C)cc1. The van der Waals surface area contributed by atoms with Crippen LogP contribution in [-0.4, -0.2) is 41.1 Å². The highest BCUT2D eigenvalue weighted by Crippen LogP contribution is 2.18. The number of aryl methyl sites for hydroxylation is 1. The Bertz CT molecular complexity index is 1180. The fourth-order valence-corrected chi connectivity index (χ4v) is 3.18. The van der Waals surface area contributed by atoms with Crippen LogP contribution in [0.5, 0.6) is 0 Å². The second-order valence-corrected chi connectivity index (χ2v) is 7.32. The number of benzene rings is 1. The van der Waals surface area contributed by atoms with Gasteiger partial charge in [0, 0.05) is 49.8 Å². The number of nitrogens with zero attached hydrogens (tertiary/aromatic N) is 3. The highest BCUT2D eigenvalue weighted by Gasteiger charge is 2.14. The van der Waals surface area contributed by atoms with Gasteiger partial charge in [0.2, 0.25) is 5.78 Å². The van der Waals surface area contributed by atoms with Crippen molar-refractivity contribution in [3.8, 4) is 11.3 Å². The van der Waals surface area contributed by atoms with Crippen LogP contribution in [0.25, 0.3) is 17.0 Å². The standard InChI is InChI=1S/C24H27N5O3/c1-16-24(22(30)12-20(25)18-6-4-17(5-7-18)13-26-2)28-21(14-27-16)19-8-9-23(31)29(15-19)10-11-32-3/h4-9,12,14-15,26H,10-11,13,25H2,1-3H3. The molecule has 0 bridgehead atoms. The summed E-state index contributed by atoms with van der Waals surface area (Å²) in [5.41, 5.74) is 10.1. The van der Waals surface area contributed by atoms with Gasteiger partial charge in [0.25, 0.3) is 5.56 Å². The quantitative estimate of drug-likeness (QED) is 0.393. The molecule has 8 heteroatoms. The second kappa shape index (κ2) is 10.6. The zero-order chi connectivity index (χ0) is 23.1. The topological polar surface area (TPSA) is 112 Å². The van der Waals surface area contributed by atoms with E-state index in [0.717, 1.165) is 17.7 Å². The zero-order valence-corrected chi connectivity index (χ0v) is 18.5. The van der Waals surface area contributed by atoms with E-state index in [9.17, 15) is 9.59 Å². The Balaban J connectivity index is 1.89. The number of ketones is 1. The van der Waals surface area contributed by atoms with E-state index in [1.54, 1.807) is 32.5 Å². The number of allylic oxidation sites excluding steroid dienone is 1. The van der Waals surface area contributed by atoms with Gasteiger partial charge in [-0.15, -0.1) is 0 Å². The first kappa shape index (κ1) is 23.1. The van der Waals surface area contributed by atoms with Crippen molar-refractivity contribution in [2.75, 3.05) is 20.8 Å². The van der Waals surface area contributed by atoms with E-state index < -0.39 is 0 Å². The summed E-state index contributed by atoms with van der Waals surface area (Å²) in [7, 11) is 3.46. The first-order chi connectivity index (χ1) is 15.4. The van der Waals surface area contributed by atoms with Gasteiger partial charge in [-0.1, -0.05) is 24.3 Å². The van der Waals surface area contributed by atoms with Crippen LogP contribution in [0.2, 0.25) is 0 Å². The van der Waals surface area contributed by atoms with Gasteiger partial charge in [-0.2, -0.15) is 0 Å². The lowest BCUT2D eigenvalue weighted by atomic mass is 10.1. The van der Waals surface area contributed by atoms with Gasteiger partial charge in [-0.05, 0) is 31.2 Å². The maximum atomic E-state index is 12.9. The van der Waals surface area contributed by atoms with Crippen LogP contribution in [0.1, 0.15) is 27.3 Å². The summed E-state index contributed by atoms with van der Waals surface area (Å²) >= 11 is 0. The molecule has 166 valence electrons. The van der Waals surface area contributed by atoms with E-state index in [4.69, 9.17) is 10.5 Å². The molecule has 0 aliphatic carbocycles. The monoisotopic (exact) mass is 433 g/mol. The van der Waals surface area contributed by atoms with Gasteiger partial charge < -0.3 is 20.4 Å². The number of hydrogen-bond donors (Lipinski definition) is 2. The van der Waals surface area contributed by atoms with E-state index in [0.29, 0.717) is 35.8 Å². The number of methoxy groups -OCH3 is 1. The Morgan fingerprint density at radius 2 is 1.97 bits per heavy atom. The van der Waals surface area contributed by atoms with Crippen LogP contribution in [0.3, 0.4) is 0 Å². The number of hydrogen-bond acceptors (Lipinski definition) is 7. The number of carbonyl (C=O) groups excluding carboxylic acids is 1. The lowest BCUT2D eigenvalue weighted by molar-refractivity contribution is 0.104. The van der Waals surface area contributed by atoms with Crippen LogP contribution in [0.4, 0.5) is 0 Å². The molecule has 32 heavy (non-hydrogen) atoms. The third kappa shape index (κ3) is 5.54. The number of ether oxygens (including phenoxy) is 1. The van der Waals surface area contributed by atoms with Crippen LogP contribution in [-0.2, 0) is 17.8 Å². The summed E-state index contributed by atoms with van der Waals surface area (Å²) in [6.45, 7) is 3.30. The lowest BCUT2D eigenvalue weighted by Crippen LogP contribution is -2.20. The maximum absolute atomic E-state index is 12.9. The van der Waals surface area contributed by atoms with Gasteiger partial charge in [0.05, 0.1) is 24.2 Å². The summed E-state index contributed by atoms with van der Waals surface area (Å²) in [4.78, 5) is 33.8. The number of aromatic nitrogens is 3. The van der Waals surface area contributed by atoms with Gasteiger partial charge in [-0.3, -0.25) is 14.6 Å². The Labute approximate surface area is 186 Å². The highest BCUT2D eigenvalue weighted by molar-refractivity contribution is 6.07. The van der Waals surface area contributed by atoms with E-state index in [2.05, 4.69) is 15.3 Å². The van der Waals surface area contributed by atoms with E-state index in [-0.39, 0.29) is 17.0 Å². The Morgan fingerprint density at radius 3 is 2.66 bits per heavy atom. The van der Waals surface area contributed by atoms with Crippen molar-refractivity contribution in [1.82, 2.24) is 19.9 Å². The van der Waals surface area contributed by atoms with Crippen molar-refractivity contribution in [1.29, 1.82) is 0 Å². The minimum Gasteiger partial charge on any atom is -0.398 e. The van der Waals surface area contributed by atoms with Gasteiger partial charge >= 0.3 is 0 Å². The largest absolute Gasteiger partial charge is 0.398 e. The summed E-state index contributed by atoms with van der Waals surface area (Å²) in [5.74, 6) is -0.332. The molecule has 8 nitrogen and oxygen atoms in total. The summed E-state index contributed by atoms with van der Waals surface area (Å²) in [6, 6.07) is 10.8. The van der Waals surface area contributed by atoms with Gasteiger partial charge in [0.1, 0.15) is 5.69 Å². The summed E-state index contributed by atoms with van der Waals surface area (Å²) in [6.07, 6.45) is 4.64. The average Bonchev–Trinajstić information content (AvgIpc) is 2.79. The predicted octanol–water partition coefficient (Wildman–Crippen LogP) is 2.16. The van der Waals surface area contributed by atoms with Crippen molar-refractivity contribution >= 4 is 11.5 Å². The molecule has 3 aromatic rings. The molecule has 0 fully saturated rings. The minimum atomic E-state index is -0.332. The third-order valence-electron chi connectivity index (χ3n) is 4.96. The van der Waals surface area contributed by atoms with Crippen LogP contribution < -0.4 is 16.6 Å². The molecule has 1 aromatic carbocycles. The number of nitrogens with one attached hydrogen (secondary N) is 1. The number of pyridine rings is 1. The second-order valence-electron chi connectivity index (χ2n) is 7.32. The Kier molecular flexibility index (Phi) is 7.64. The number of nitrogens with two attached hydrogens (primary N) is 1. The fraction of sp³-hybridized carbons (Fsp3) is 0.250. The minimum absolute atomic E-state index is 0.140. The first-order valence-corrected chi connectivity index (χ1v) is 10.2. The van der Waals surface area contributed by atoms with Crippen molar-refractivity contribution in [2.45, 2.75) is 20.0 Å². The molecule has 0 aliphatic heterocycles. The molecule has 0 aliphatic rings. The third-order valence-corrected chi connectivity index (χ3v) is 4.96. The average molecular weight is 434 g/mol. The Hall–Kier alpha value is -3.62. The highest BCUT2D eigenvalue weighted by atomic mass is 16.5. The van der Waals surface area contributed by atoms with Crippen molar-refractivity contribution in [3.63, 3.8) is 0 Å². The normalized spacial score (nSPS) is 11.5. The molecular weight excluding hydrogens is 406 g/mol. The van der Waals surface area contributed by atoms with Crippen molar-refractivity contribution in [3.05, 3.63) is 87.7 Å². The predicted molar refractivity (Wildman–Crippen MR) is 124 cm³/mol. The number of carbonyl (C=O) groups is 1. The number of rotatable bonds is 9.